The van der Waals surface area contributed by atoms with Gasteiger partial charge in [0.2, 0.25) is 5.91 Å². The largest absolute Gasteiger partial charge is 0.484 e. The summed E-state index contributed by atoms with van der Waals surface area (Å²) in [6.45, 7) is 8.34. The molecule has 29 heavy (non-hydrogen) atoms. The number of amides is 2. The molecule has 0 aliphatic heterocycles. The van der Waals surface area contributed by atoms with E-state index in [4.69, 9.17) is 16.3 Å². The van der Waals surface area contributed by atoms with E-state index in [1.165, 1.54) is 4.90 Å². The number of hydrogen-bond acceptors (Lipinski definition) is 3. The predicted octanol–water partition coefficient (Wildman–Crippen LogP) is 4.22. The first kappa shape index (κ1) is 22.8. The third kappa shape index (κ3) is 7.09. The summed E-state index contributed by atoms with van der Waals surface area (Å²) in [7, 11) is 0. The fraction of sp³-hybridized carbons (Fsp3) is 0.391. The van der Waals surface area contributed by atoms with E-state index in [1.54, 1.807) is 19.1 Å². The van der Waals surface area contributed by atoms with Gasteiger partial charge in [-0.05, 0) is 49.1 Å². The summed E-state index contributed by atoms with van der Waals surface area (Å²) in [5.41, 5.74) is 1.82. The highest BCUT2D eigenvalue weighted by Gasteiger charge is 2.27. The SMILES string of the molecule is Cc1cccc(OCC(=O)N(Cc2ccccc2Cl)C(C)C(=O)NCC(C)C)c1. The van der Waals surface area contributed by atoms with Crippen molar-refractivity contribution in [3.63, 3.8) is 0 Å². The zero-order valence-corrected chi connectivity index (χ0v) is 18.2. The van der Waals surface area contributed by atoms with Crippen molar-refractivity contribution in [2.24, 2.45) is 5.92 Å². The molecular formula is C23H29ClN2O3. The Hall–Kier alpha value is -2.53. The van der Waals surface area contributed by atoms with Crippen molar-refractivity contribution in [1.29, 1.82) is 0 Å². The van der Waals surface area contributed by atoms with Crippen LogP contribution < -0.4 is 10.1 Å². The summed E-state index contributed by atoms with van der Waals surface area (Å²) in [5.74, 6) is 0.463. The van der Waals surface area contributed by atoms with Crippen LogP contribution in [0.5, 0.6) is 5.75 Å². The van der Waals surface area contributed by atoms with E-state index >= 15 is 0 Å². The number of aryl methyl sites for hydroxylation is 1. The summed E-state index contributed by atoms with van der Waals surface area (Å²) in [5, 5.41) is 3.45. The molecule has 1 N–H and O–H groups in total. The van der Waals surface area contributed by atoms with Gasteiger partial charge in [-0.2, -0.15) is 0 Å². The topological polar surface area (TPSA) is 58.6 Å². The third-order valence-electron chi connectivity index (χ3n) is 4.50. The molecular weight excluding hydrogens is 388 g/mol. The summed E-state index contributed by atoms with van der Waals surface area (Å²) in [6.07, 6.45) is 0. The van der Waals surface area contributed by atoms with Crippen LogP contribution in [-0.4, -0.2) is 35.9 Å². The van der Waals surface area contributed by atoms with Crippen LogP contribution >= 0.6 is 11.6 Å². The molecule has 0 fully saturated rings. The minimum atomic E-state index is -0.654. The lowest BCUT2D eigenvalue weighted by Gasteiger charge is -2.29. The van der Waals surface area contributed by atoms with Gasteiger partial charge in [-0.3, -0.25) is 9.59 Å². The van der Waals surface area contributed by atoms with Crippen molar-refractivity contribution in [3.8, 4) is 5.75 Å². The van der Waals surface area contributed by atoms with Crippen molar-refractivity contribution in [2.75, 3.05) is 13.2 Å². The number of nitrogens with one attached hydrogen (secondary N) is 1. The van der Waals surface area contributed by atoms with Gasteiger partial charge in [0.05, 0.1) is 0 Å². The molecule has 0 spiro atoms. The molecule has 0 aromatic heterocycles. The number of ether oxygens (including phenoxy) is 1. The van der Waals surface area contributed by atoms with Crippen LogP contribution in [-0.2, 0) is 16.1 Å². The lowest BCUT2D eigenvalue weighted by atomic mass is 10.1. The van der Waals surface area contributed by atoms with E-state index in [0.29, 0.717) is 23.2 Å². The number of halogens is 1. The molecule has 2 aromatic carbocycles. The molecule has 0 bridgehead atoms. The van der Waals surface area contributed by atoms with Gasteiger partial charge in [0.25, 0.3) is 5.91 Å². The Balaban J connectivity index is 2.14. The Morgan fingerprint density at radius 1 is 1.10 bits per heavy atom. The first-order valence-electron chi connectivity index (χ1n) is 9.78. The smallest absolute Gasteiger partial charge is 0.261 e. The fourth-order valence-corrected chi connectivity index (χ4v) is 2.97. The quantitative estimate of drug-likeness (QED) is 0.665. The molecule has 2 amide bonds. The number of carbonyl (C=O) groups excluding carboxylic acids is 2. The Labute approximate surface area is 178 Å². The molecule has 0 radical (unpaired) electrons. The number of benzene rings is 2. The van der Waals surface area contributed by atoms with Crippen molar-refractivity contribution >= 4 is 23.4 Å². The maximum absolute atomic E-state index is 13.0. The molecule has 1 unspecified atom stereocenters. The first-order chi connectivity index (χ1) is 13.8. The van der Waals surface area contributed by atoms with Gasteiger partial charge >= 0.3 is 0 Å². The Kier molecular flexibility index (Phi) is 8.52. The van der Waals surface area contributed by atoms with E-state index in [1.807, 2.05) is 57.2 Å². The molecule has 2 aromatic rings. The highest BCUT2D eigenvalue weighted by atomic mass is 35.5. The number of nitrogens with zero attached hydrogens (tertiary/aromatic N) is 1. The molecule has 5 nitrogen and oxygen atoms in total. The van der Waals surface area contributed by atoms with Gasteiger partial charge in [0, 0.05) is 18.1 Å². The second-order valence-corrected chi connectivity index (χ2v) is 7.94. The van der Waals surface area contributed by atoms with Gasteiger partial charge in [-0.15, -0.1) is 0 Å². The average Bonchev–Trinajstić information content (AvgIpc) is 2.69. The van der Waals surface area contributed by atoms with E-state index < -0.39 is 6.04 Å². The van der Waals surface area contributed by atoms with E-state index in [9.17, 15) is 9.59 Å². The summed E-state index contributed by atoms with van der Waals surface area (Å²) >= 11 is 6.28. The van der Waals surface area contributed by atoms with Crippen LogP contribution in [0, 0.1) is 12.8 Å². The van der Waals surface area contributed by atoms with Gasteiger partial charge < -0.3 is 15.0 Å². The molecule has 6 heteroatoms. The molecule has 0 saturated carbocycles. The molecule has 0 heterocycles. The summed E-state index contributed by atoms with van der Waals surface area (Å²) in [6, 6.07) is 14.2. The normalized spacial score (nSPS) is 11.8. The van der Waals surface area contributed by atoms with Crippen LogP contribution in [0.15, 0.2) is 48.5 Å². The molecule has 0 aliphatic carbocycles. The Bertz CT molecular complexity index is 838. The van der Waals surface area contributed by atoms with Gasteiger partial charge in [0.1, 0.15) is 11.8 Å². The number of rotatable bonds is 9. The van der Waals surface area contributed by atoms with Crippen LogP contribution in [0.25, 0.3) is 0 Å². The minimum Gasteiger partial charge on any atom is -0.484 e. The Morgan fingerprint density at radius 2 is 1.83 bits per heavy atom. The van der Waals surface area contributed by atoms with E-state index in [2.05, 4.69) is 5.32 Å². The van der Waals surface area contributed by atoms with Crippen LogP contribution in [0.2, 0.25) is 5.02 Å². The molecule has 2 rings (SSSR count). The molecule has 0 aliphatic rings. The predicted molar refractivity (Wildman–Crippen MR) is 116 cm³/mol. The average molecular weight is 417 g/mol. The zero-order valence-electron chi connectivity index (χ0n) is 17.4. The zero-order chi connectivity index (χ0) is 21.4. The molecule has 156 valence electrons. The van der Waals surface area contributed by atoms with Gasteiger partial charge in [-0.1, -0.05) is 55.8 Å². The van der Waals surface area contributed by atoms with E-state index in [-0.39, 0.29) is 25.0 Å². The van der Waals surface area contributed by atoms with Crippen molar-refractivity contribution < 1.29 is 14.3 Å². The van der Waals surface area contributed by atoms with Crippen molar-refractivity contribution in [1.82, 2.24) is 10.2 Å². The van der Waals surface area contributed by atoms with Crippen LogP contribution in [0.4, 0.5) is 0 Å². The standard InChI is InChI=1S/C23H29ClN2O3/c1-16(2)13-25-23(28)18(4)26(14-19-9-5-6-11-21(19)24)22(27)15-29-20-10-7-8-17(3)12-20/h5-12,16,18H,13-15H2,1-4H3,(H,25,28). The van der Waals surface area contributed by atoms with E-state index in [0.717, 1.165) is 11.1 Å². The fourth-order valence-electron chi connectivity index (χ4n) is 2.78. The van der Waals surface area contributed by atoms with Crippen molar-refractivity contribution in [2.45, 2.75) is 40.3 Å². The summed E-state index contributed by atoms with van der Waals surface area (Å²) < 4.78 is 5.67. The second-order valence-electron chi connectivity index (χ2n) is 7.53. The lowest BCUT2D eigenvalue weighted by molar-refractivity contribution is -0.142. The van der Waals surface area contributed by atoms with Crippen molar-refractivity contribution in [3.05, 3.63) is 64.7 Å². The minimum absolute atomic E-state index is 0.157. The van der Waals surface area contributed by atoms with Crippen LogP contribution in [0.3, 0.4) is 0 Å². The number of hydrogen-bond donors (Lipinski definition) is 1. The second kappa shape index (κ2) is 10.9. The first-order valence-corrected chi connectivity index (χ1v) is 10.2. The molecule has 1 atom stereocenters. The lowest BCUT2D eigenvalue weighted by Crippen LogP contribution is -2.49. The van der Waals surface area contributed by atoms with Gasteiger partial charge in [0.15, 0.2) is 6.61 Å². The monoisotopic (exact) mass is 416 g/mol. The summed E-state index contributed by atoms with van der Waals surface area (Å²) in [4.78, 5) is 27.1. The van der Waals surface area contributed by atoms with Gasteiger partial charge in [-0.25, -0.2) is 0 Å². The molecule has 0 saturated heterocycles. The highest BCUT2D eigenvalue weighted by molar-refractivity contribution is 6.31. The third-order valence-corrected chi connectivity index (χ3v) is 4.87. The van der Waals surface area contributed by atoms with Crippen LogP contribution in [0.1, 0.15) is 31.9 Å². The maximum Gasteiger partial charge on any atom is 0.261 e. The highest BCUT2D eigenvalue weighted by Crippen LogP contribution is 2.19. The number of carbonyl (C=O) groups is 2. The Morgan fingerprint density at radius 3 is 2.48 bits per heavy atom. The maximum atomic E-state index is 13.0.